The number of alkyl halides is 3. The Hall–Kier alpha value is -1.90. The zero-order valence-electron chi connectivity index (χ0n) is 11.5. The molecule has 0 aliphatic rings. The number of nitrogens with one attached hydrogen (secondary N) is 1. The largest absolute Gasteiger partial charge is 0.435 e. The van der Waals surface area contributed by atoms with E-state index >= 15 is 0 Å². The topological polar surface area (TPSA) is 59.8 Å². The van der Waals surface area contributed by atoms with Gasteiger partial charge in [0, 0.05) is 24.2 Å². The molecule has 21 heavy (non-hydrogen) atoms. The molecule has 0 saturated heterocycles. The molecule has 1 amide bonds. The average molecular weight is 318 g/mol. The molecule has 0 spiro atoms. The van der Waals surface area contributed by atoms with Gasteiger partial charge in [-0.2, -0.15) is 18.3 Å². The summed E-state index contributed by atoms with van der Waals surface area (Å²) >= 11 is 1.29. The van der Waals surface area contributed by atoms with E-state index < -0.39 is 17.8 Å². The zero-order valence-corrected chi connectivity index (χ0v) is 12.3. The Bertz CT molecular complexity index is 660. The number of anilines is 1. The standard InChI is InChI=1S/C12H13F3N4OS/c1-6(2)8-5-16-11(21-8)17-10(20)7-4-9(12(13,14)15)18-19(7)3/h4-6H,1-3H3,(H,16,17,20). The van der Waals surface area contributed by atoms with Crippen molar-refractivity contribution in [3.8, 4) is 0 Å². The average Bonchev–Trinajstić information content (AvgIpc) is 2.94. The van der Waals surface area contributed by atoms with Crippen molar-refractivity contribution >= 4 is 22.4 Å². The van der Waals surface area contributed by atoms with Crippen LogP contribution in [-0.4, -0.2) is 20.7 Å². The van der Waals surface area contributed by atoms with Crippen LogP contribution in [0.3, 0.4) is 0 Å². The number of amides is 1. The SMILES string of the molecule is CC(C)c1cnc(NC(=O)c2cc(C(F)(F)F)nn2C)s1. The molecule has 2 rings (SSSR count). The van der Waals surface area contributed by atoms with Gasteiger partial charge in [-0.3, -0.25) is 14.8 Å². The van der Waals surface area contributed by atoms with Crippen LogP contribution in [0.5, 0.6) is 0 Å². The highest BCUT2D eigenvalue weighted by atomic mass is 32.1. The zero-order chi connectivity index (χ0) is 15.8. The van der Waals surface area contributed by atoms with Gasteiger partial charge < -0.3 is 0 Å². The molecule has 0 atom stereocenters. The third-order valence-electron chi connectivity index (χ3n) is 2.72. The molecule has 0 aromatic carbocycles. The van der Waals surface area contributed by atoms with E-state index in [-0.39, 0.29) is 11.6 Å². The number of halogens is 3. The molecule has 1 N–H and O–H groups in total. The van der Waals surface area contributed by atoms with Gasteiger partial charge in [-0.1, -0.05) is 13.8 Å². The summed E-state index contributed by atoms with van der Waals surface area (Å²) in [6, 6.07) is 0.715. The minimum Gasteiger partial charge on any atom is -0.296 e. The van der Waals surface area contributed by atoms with E-state index in [9.17, 15) is 18.0 Å². The highest BCUT2D eigenvalue weighted by molar-refractivity contribution is 7.15. The Morgan fingerprint density at radius 1 is 1.43 bits per heavy atom. The van der Waals surface area contributed by atoms with Gasteiger partial charge in [-0.25, -0.2) is 4.98 Å². The summed E-state index contributed by atoms with van der Waals surface area (Å²) in [5.74, 6) is -0.410. The first-order valence-corrected chi connectivity index (χ1v) is 6.88. The van der Waals surface area contributed by atoms with E-state index in [1.165, 1.54) is 18.4 Å². The Balaban J connectivity index is 2.18. The van der Waals surface area contributed by atoms with Crippen LogP contribution in [0.15, 0.2) is 12.3 Å². The number of carbonyl (C=O) groups is 1. The van der Waals surface area contributed by atoms with Crippen LogP contribution in [0.4, 0.5) is 18.3 Å². The fourth-order valence-electron chi connectivity index (χ4n) is 1.59. The van der Waals surface area contributed by atoms with Gasteiger partial charge in [0.25, 0.3) is 5.91 Å². The van der Waals surface area contributed by atoms with Crippen molar-refractivity contribution in [2.24, 2.45) is 7.05 Å². The molecule has 114 valence electrons. The van der Waals surface area contributed by atoms with Crippen LogP contribution >= 0.6 is 11.3 Å². The Morgan fingerprint density at radius 2 is 2.10 bits per heavy atom. The van der Waals surface area contributed by atoms with Crippen molar-refractivity contribution in [1.82, 2.24) is 14.8 Å². The summed E-state index contributed by atoms with van der Waals surface area (Å²) in [4.78, 5) is 17.0. The van der Waals surface area contributed by atoms with E-state index in [2.05, 4.69) is 15.4 Å². The molecule has 0 fully saturated rings. The van der Waals surface area contributed by atoms with E-state index in [0.717, 1.165) is 9.56 Å². The van der Waals surface area contributed by atoms with Gasteiger partial charge in [0.15, 0.2) is 10.8 Å². The van der Waals surface area contributed by atoms with Gasteiger partial charge in [-0.05, 0) is 5.92 Å². The lowest BCUT2D eigenvalue weighted by Crippen LogP contribution is -2.15. The minimum atomic E-state index is -4.58. The molecule has 0 radical (unpaired) electrons. The number of aromatic nitrogens is 3. The fourth-order valence-corrected chi connectivity index (χ4v) is 2.40. The summed E-state index contributed by atoms with van der Waals surface area (Å²) in [5, 5.41) is 6.12. The summed E-state index contributed by atoms with van der Waals surface area (Å²) in [6.45, 7) is 3.96. The Kier molecular flexibility index (Phi) is 4.04. The van der Waals surface area contributed by atoms with E-state index in [1.54, 1.807) is 6.20 Å². The first-order valence-electron chi connectivity index (χ1n) is 6.06. The van der Waals surface area contributed by atoms with Gasteiger partial charge in [0.2, 0.25) is 0 Å². The lowest BCUT2D eigenvalue weighted by molar-refractivity contribution is -0.141. The maximum Gasteiger partial charge on any atom is 0.435 e. The molecule has 0 aliphatic heterocycles. The van der Waals surface area contributed by atoms with Crippen molar-refractivity contribution in [3.05, 3.63) is 28.5 Å². The quantitative estimate of drug-likeness (QED) is 0.945. The van der Waals surface area contributed by atoms with Gasteiger partial charge in [0.05, 0.1) is 0 Å². The van der Waals surface area contributed by atoms with Crippen LogP contribution in [0.1, 0.15) is 40.8 Å². The van der Waals surface area contributed by atoms with Crippen LogP contribution in [0, 0.1) is 0 Å². The highest BCUT2D eigenvalue weighted by Crippen LogP contribution is 2.29. The minimum absolute atomic E-state index is 0.177. The van der Waals surface area contributed by atoms with Crippen LogP contribution in [-0.2, 0) is 13.2 Å². The molecule has 0 bridgehead atoms. The predicted molar refractivity (Wildman–Crippen MR) is 72.4 cm³/mol. The predicted octanol–water partition coefficient (Wildman–Crippen LogP) is 3.27. The maximum absolute atomic E-state index is 12.5. The first kappa shape index (κ1) is 15.5. The second kappa shape index (κ2) is 5.47. The summed E-state index contributed by atoms with van der Waals surface area (Å²) in [5.41, 5.74) is -1.28. The monoisotopic (exact) mass is 318 g/mol. The Morgan fingerprint density at radius 3 is 2.57 bits per heavy atom. The van der Waals surface area contributed by atoms with Crippen LogP contribution < -0.4 is 5.32 Å². The number of hydrogen-bond donors (Lipinski definition) is 1. The summed E-state index contributed by atoms with van der Waals surface area (Å²) in [6.07, 6.45) is -2.95. The number of rotatable bonds is 3. The van der Waals surface area contributed by atoms with Crippen LogP contribution in [0.25, 0.3) is 0 Å². The molecule has 9 heteroatoms. The van der Waals surface area contributed by atoms with E-state index in [0.29, 0.717) is 11.2 Å². The van der Waals surface area contributed by atoms with Gasteiger partial charge >= 0.3 is 6.18 Å². The number of aryl methyl sites for hydroxylation is 1. The first-order chi connectivity index (χ1) is 9.68. The van der Waals surface area contributed by atoms with Crippen molar-refractivity contribution in [2.75, 3.05) is 5.32 Å². The van der Waals surface area contributed by atoms with Crippen molar-refractivity contribution in [2.45, 2.75) is 25.9 Å². The molecular formula is C12H13F3N4OS. The molecular weight excluding hydrogens is 305 g/mol. The van der Waals surface area contributed by atoms with Crippen molar-refractivity contribution in [1.29, 1.82) is 0 Å². The van der Waals surface area contributed by atoms with Crippen LogP contribution in [0.2, 0.25) is 0 Å². The number of thiazole rings is 1. The lowest BCUT2D eigenvalue weighted by atomic mass is 10.2. The molecule has 2 aromatic heterocycles. The molecule has 2 aromatic rings. The molecule has 0 saturated carbocycles. The summed E-state index contributed by atoms with van der Waals surface area (Å²) in [7, 11) is 1.28. The third kappa shape index (κ3) is 3.41. The molecule has 0 aliphatic carbocycles. The lowest BCUT2D eigenvalue weighted by Gasteiger charge is -2.01. The second-order valence-electron chi connectivity index (χ2n) is 4.71. The van der Waals surface area contributed by atoms with Crippen molar-refractivity contribution in [3.63, 3.8) is 0 Å². The van der Waals surface area contributed by atoms with Gasteiger partial charge in [0.1, 0.15) is 5.69 Å². The van der Waals surface area contributed by atoms with Crippen molar-refractivity contribution < 1.29 is 18.0 Å². The third-order valence-corrected chi connectivity index (χ3v) is 3.93. The highest BCUT2D eigenvalue weighted by Gasteiger charge is 2.35. The molecule has 0 unspecified atom stereocenters. The summed E-state index contributed by atoms with van der Waals surface area (Å²) < 4.78 is 38.5. The normalized spacial score (nSPS) is 12.0. The maximum atomic E-state index is 12.5. The van der Waals surface area contributed by atoms with E-state index in [4.69, 9.17) is 0 Å². The number of carbonyl (C=O) groups excluding carboxylic acids is 1. The van der Waals surface area contributed by atoms with E-state index in [1.807, 2.05) is 13.8 Å². The number of hydrogen-bond acceptors (Lipinski definition) is 4. The Labute approximate surface area is 122 Å². The molecule has 5 nitrogen and oxygen atoms in total. The fraction of sp³-hybridized carbons (Fsp3) is 0.417. The van der Waals surface area contributed by atoms with Gasteiger partial charge in [-0.15, -0.1) is 11.3 Å². The smallest absolute Gasteiger partial charge is 0.296 e. The second-order valence-corrected chi connectivity index (χ2v) is 5.78. The molecule has 2 heterocycles. The number of nitrogens with zero attached hydrogens (tertiary/aromatic N) is 3.